The lowest BCUT2D eigenvalue weighted by atomic mass is 10.0. The van der Waals surface area contributed by atoms with Crippen molar-refractivity contribution in [2.75, 3.05) is 20.3 Å². The van der Waals surface area contributed by atoms with Crippen molar-refractivity contribution in [1.82, 2.24) is 15.5 Å². The van der Waals surface area contributed by atoms with Gasteiger partial charge in [0.1, 0.15) is 6.61 Å². The average molecular weight is 466 g/mol. The number of rotatable bonds is 8. The Bertz CT molecular complexity index is 1110. The summed E-state index contributed by atoms with van der Waals surface area (Å²) in [6.07, 6.45) is 0. The van der Waals surface area contributed by atoms with E-state index in [4.69, 9.17) is 9.47 Å². The van der Waals surface area contributed by atoms with Gasteiger partial charge in [0.05, 0.1) is 35.0 Å². The van der Waals surface area contributed by atoms with Gasteiger partial charge in [-0.1, -0.05) is 42.5 Å². The second-order valence-corrected chi connectivity index (χ2v) is 7.70. The monoisotopic (exact) mass is 465 g/mol. The number of hydrogen-bond donors (Lipinski definition) is 2. The number of ether oxygens (including phenoxy) is 2. The van der Waals surface area contributed by atoms with Crippen molar-refractivity contribution in [1.29, 1.82) is 0 Å². The van der Waals surface area contributed by atoms with Crippen molar-refractivity contribution in [2.24, 2.45) is 0 Å². The second kappa shape index (κ2) is 11.1. The summed E-state index contributed by atoms with van der Waals surface area (Å²) >= 11 is 0. The molecule has 2 aromatic rings. The summed E-state index contributed by atoms with van der Waals surface area (Å²) in [6.45, 7) is 3.45. The quantitative estimate of drug-likeness (QED) is 0.580. The van der Waals surface area contributed by atoms with E-state index in [1.54, 1.807) is 39.1 Å². The number of benzene rings is 2. The van der Waals surface area contributed by atoms with Gasteiger partial charge < -0.3 is 25.0 Å². The molecule has 0 aromatic heterocycles. The van der Waals surface area contributed by atoms with E-state index < -0.39 is 24.0 Å². The molecule has 9 heteroatoms. The van der Waals surface area contributed by atoms with Gasteiger partial charge in [0, 0.05) is 13.6 Å². The number of nitrogens with one attached hydrogen (secondary N) is 2. The summed E-state index contributed by atoms with van der Waals surface area (Å²) in [4.78, 5) is 51.7. The van der Waals surface area contributed by atoms with Crippen LogP contribution in [0.1, 0.15) is 40.1 Å². The zero-order chi connectivity index (χ0) is 24.7. The molecule has 1 aliphatic heterocycles. The molecular formula is C25H27N3O6. The minimum Gasteiger partial charge on any atom is -0.463 e. The van der Waals surface area contributed by atoms with Crippen LogP contribution in [-0.4, -0.2) is 55.1 Å². The van der Waals surface area contributed by atoms with E-state index in [-0.39, 0.29) is 41.5 Å². The third-order valence-electron chi connectivity index (χ3n) is 5.20. The lowest BCUT2D eigenvalue weighted by Crippen LogP contribution is -2.50. The Kier molecular flexibility index (Phi) is 8.02. The van der Waals surface area contributed by atoms with Gasteiger partial charge in [-0.2, -0.15) is 0 Å². The van der Waals surface area contributed by atoms with E-state index >= 15 is 0 Å². The van der Waals surface area contributed by atoms with Gasteiger partial charge in [-0.3, -0.25) is 4.79 Å². The van der Waals surface area contributed by atoms with Crippen LogP contribution in [-0.2, 0) is 20.8 Å². The highest BCUT2D eigenvalue weighted by atomic mass is 16.5. The Labute approximate surface area is 197 Å². The summed E-state index contributed by atoms with van der Waals surface area (Å²) in [7, 11) is 1.65. The minimum atomic E-state index is -0.756. The molecule has 1 atom stereocenters. The predicted octanol–water partition coefficient (Wildman–Crippen LogP) is 2.63. The average Bonchev–Trinajstić information content (AvgIpc) is 2.82. The van der Waals surface area contributed by atoms with Gasteiger partial charge in [0.2, 0.25) is 0 Å². The first kappa shape index (κ1) is 24.5. The SMILES string of the molecule is CCOC(=O)C1=C(COC(=O)c2ccccc2C(=O)N(C)Cc2ccccc2)NC(=O)N[C@H]1C. The van der Waals surface area contributed by atoms with Gasteiger partial charge in [0.25, 0.3) is 5.91 Å². The van der Waals surface area contributed by atoms with Crippen LogP contribution >= 0.6 is 0 Å². The van der Waals surface area contributed by atoms with Crippen molar-refractivity contribution in [2.45, 2.75) is 26.4 Å². The van der Waals surface area contributed by atoms with Crippen molar-refractivity contribution in [3.8, 4) is 0 Å². The first-order valence-corrected chi connectivity index (χ1v) is 10.8. The maximum atomic E-state index is 13.1. The Morgan fingerprint density at radius 1 is 0.941 bits per heavy atom. The smallest absolute Gasteiger partial charge is 0.339 e. The van der Waals surface area contributed by atoms with Crippen LogP contribution in [0, 0.1) is 0 Å². The minimum absolute atomic E-state index is 0.0824. The third kappa shape index (κ3) is 5.80. The highest BCUT2D eigenvalue weighted by Gasteiger charge is 2.30. The number of nitrogens with zero attached hydrogens (tertiary/aromatic N) is 1. The molecule has 0 fully saturated rings. The molecule has 178 valence electrons. The first-order valence-electron chi connectivity index (χ1n) is 10.8. The van der Waals surface area contributed by atoms with Gasteiger partial charge in [0.15, 0.2) is 0 Å². The van der Waals surface area contributed by atoms with Crippen LogP contribution in [0.4, 0.5) is 4.79 Å². The van der Waals surface area contributed by atoms with E-state index in [1.165, 1.54) is 11.0 Å². The molecule has 0 unspecified atom stereocenters. The Morgan fingerprint density at radius 3 is 2.26 bits per heavy atom. The fraction of sp³-hybridized carbons (Fsp3) is 0.280. The topological polar surface area (TPSA) is 114 Å². The number of amides is 3. The standard InChI is InChI=1S/C25H27N3O6/c1-4-33-24(31)21-16(2)26-25(32)27-20(21)15-34-23(30)19-13-9-8-12-18(19)22(29)28(3)14-17-10-6-5-7-11-17/h5-13,16H,4,14-15H2,1-3H3,(H2,26,27,32)/t16-/m0/s1. The zero-order valence-electron chi connectivity index (χ0n) is 19.3. The molecule has 0 radical (unpaired) electrons. The van der Waals surface area contributed by atoms with E-state index in [2.05, 4.69) is 10.6 Å². The van der Waals surface area contributed by atoms with E-state index in [0.29, 0.717) is 6.54 Å². The van der Waals surface area contributed by atoms with Crippen LogP contribution in [0.25, 0.3) is 0 Å². The fourth-order valence-corrected chi connectivity index (χ4v) is 3.59. The number of hydrogen-bond acceptors (Lipinski definition) is 6. The molecule has 9 nitrogen and oxygen atoms in total. The third-order valence-corrected chi connectivity index (χ3v) is 5.20. The molecule has 0 saturated heterocycles. The zero-order valence-corrected chi connectivity index (χ0v) is 19.3. The van der Waals surface area contributed by atoms with Crippen LogP contribution < -0.4 is 10.6 Å². The Hall–Kier alpha value is -4.14. The van der Waals surface area contributed by atoms with Gasteiger partial charge in [-0.15, -0.1) is 0 Å². The maximum Gasteiger partial charge on any atom is 0.339 e. The number of urea groups is 1. The molecule has 1 heterocycles. The molecule has 0 spiro atoms. The van der Waals surface area contributed by atoms with Crippen LogP contribution in [0.2, 0.25) is 0 Å². The summed E-state index contributed by atoms with van der Waals surface area (Å²) in [5, 5.41) is 5.08. The van der Waals surface area contributed by atoms with Crippen molar-refractivity contribution in [3.05, 3.63) is 82.6 Å². The summed E-state index contributed by atoms with van der Waals surface area (Å²) in [5.41, 5.74) is 1.52. The molecule has 2 N–H and O–H groups in total. The van der Waals surface area contributed by atoms with Crippen molar-refractivity contribution < 1.29 is 28.7 Å². The molecule has 34 heavy (non-hydrogen) atoms. The normalized spacial score (nSPS) is 15.1. The number of esters is 2. The molecule has 0 bridgehead atoms. The first-order chi connectivity index (χ1) is 16.3. The van der Waals surface area contributed by atoms with Crippen LogP contribution in [0.3, 0.4) is 0 Å². The Morgan fingerprint density at radius 2 is 1.59 bits per heavy atom. The van der Waals surface area contributed by atoms with E-state index in [0.717, 1.165) is 5.56 Å². The van der Waals surface area contributed by atoms with Crippen LogP contribution in [0.15, 0.2) is 65.9 Å². The number of carbonyl (C=O) groups is 4. The molecule has 3 rings (SSSR count). The lowest BCUT2D eigenvalue weighted by Gasteiger charge is -2.26. The maximum absolute atomic E-state index is 13.1. The molecular weight excluding hydrogens is 438 g/mol. The van der Waals surface area contributed by atoms with E-state index in [1.807, 2.05) is 30.3 Å². The van der Waals surface area contributed by atoms with Crippen molar-refractivity contribution >= 4 is 23.9 Å². The second-order valence-electron chi connectivity index (χ2n) is 7.70. The molecule has 0 saturated carbocycles. The summed E-state index contributed by atoms with van der Waals surface area (Å²) in [5.74, 6) is -1.72. The molecule has 0 aliphatic carbocycles. The van der Waals surface area contributed by atoms with Crippen molar-refractivity contribution in [3.63, 3.8) is 0 Å². The fourth-order valence-electron chi connectivity index (χ4n) is 3.59. The predicted molar refractivity (Wildman–Crippen MR) is 124 cm³/mol. The largest absolute Gasteiger partial charge is 0.463 e. The lowest BCUT2D eigenvalue weighted by molar-refractivity contribution is -0.139. The van der Waals surface area contributed by atoms with Gasteiger partial charge >= 0.3 is 18.0 Å². The van der Waals surface area contributed by atoms with Gasteiger partial charge in [-0.05, 0) is 31.5 Å². The van der Waals surface area contributed by atoms with E-state index in [9.17, 15) is 19.2 Å². The number of carbonyl (C=O) groups excluding carboxylic acids is 4. The highest BCUT2D eigenvalue weighted by Crippen LogP contribution is 2.18. The Balaban J connectivity index is 1.77. The van der Waals surface area contributed by atoms with Crippen LogP contribution in [0.5, 0.6) is 0 Å². The molecule has 3 amide bonds. The molecule has 1 aliphatic rings. The molecule has 2 aromatic carbocycles. The summed E-state index contributed by atoms with van der Waals surface area (Å²) < 4.78 is 10.4. The highest BCUT2D eigenvalue weighted by molar-refractivity contribution is 6.05. The van der Waals surface area contributed by atoms with Gasteiger partial charge in [-0.25, -0.2) is 14.4 Å². The summed E-state index contributed by atoms with van der Waals surface area (Å²) in [6, 6.07) is 14.7.